The zero-order chi connectivity index (χ0) is 12.5. The first-order valence-corrected chi connectivity index (χ1v) is 7.87. The maximum absolute atomic E-state index is 8.85. The average molecular weight is 275 g/mol. The van der Waals surface area contributed by atoms with Crippen LogP contribution in [-0.4, -0.2) is 15.7 Å². The Kier molecular flexibility index (Phi) is 3.23. The number of thiophene rings is 1. The zero-order valence-corrected chi connectivity index (χ0v) is 11.8. The van der Waals surface area contributed by atoms with Gasteiger partial charge < -0.3 is 0 Å². The molecule has 3 rings (SSSR count). The lowest BCUT2D eigenvalue weighted by atomic mass is 10.2. The van der Waals surface area contributed by atoms with E-state index in [1.165, 1.54) is 28.7 Å². The topological polar surface area (TPSA) is 49.6 Å². The van der Waals surface area contributed by atoms with Crippen molar-refractivity contribution in [2.75, 3.05) is 5.75 Å². The second kappa shape index (κ2) is 4.87. The molecular weight excluding hydrogens is 262 g/mol. The van der Waals surface area contributed by atoms with Gasteiger partial charge in [0, 0.05) is 16.0 Å². The molecule has 1 atom stereocenters. The number of thioether (sulfide) groups is 1. The van der Waals surface area contributed by atoms with Crippen molar-refractivity contribution in [3.8, 4) is 6.07 Å². The Bertz CT molecular complexity index is 627. The lowest BCUT2D eigenvalue weighted by molar-refractivity contribution is 0.862. The van der Waals surface area contributed by atoms with E-state index in [1.54, 1.807) is 18.1 Å². The van der Waals surface area contributed by atoms with Crippen LogP contribution in [0.15, 0.2) is 11.4 Å². The van der Waals surface area contributed by atoms with E-state index < -0.39 is 0 Å². The number of aryl methyl sites for hydroxylation is 2. The van der Waals surface area contributed by atoms with E-state index in [-0.39, 0.29) is 5.92 Å². The van der Waals surface area contributed by atoms with Crippen LogP contribution >= 0.6 is 23.1 Å². The molecular formula is C13H13N3S2. The molecule has 0 saturated heterocycles. The molecule has 0 aromatic carbocycles. The Labute approximate surface area is 114 Å². The van der Waals surface area contributed by atoms with Crippen LogP contribution in [0.1, 0.15) is 23.8 Å². The van der Waals surface area contributed by atoms with E-state index in [9.17, 15) is 0 Å². The first-order valence-electron chi connectivity index (χ1n) is 6.07. The normalized spacial score (nSPS) is 15.6. The van der Waals surface area contributed by atoms with Gasteiger partial charge in [0.05, 0.1) is 12.0 Å². The maximum atomic E-state index is 8.85. The lowest BCUT2D eigenvalue weighted by Crippen LogP contribution is -1.95. The number of hydrogen-bond acceptors (Lipinski definition) is 5. The van der Waals surface area contributed by atoms with Crippen molar-refractivity contribution in [3.05, 3.63) is 16.8 Å². The average Bonchev–Trinajstić information content (AvgIpc) is 2.95. The van der Waals surface area contributed by atoms with Gasteiger partial charge >= 0.3 is 0 Å². The molecule has 3 nitrogen and oxygen atoms in total. The predicted molar refractivity (Wildman–Crippen MR) is 74.9 cm³/mol. The second-order valence-electron chi connectivity index (χ2n) is 4.56. The summed E-state index contributed by atoms with van der Waals surface area (Å²) in [5.41, 5.74) is 1.46. The van der Waals surface area contributed by atoms with Crippen LogP contribution in [0.25, 0.3) is 10.2 Å². The summed E-state index contributed by atoms with van der Waals surface area (Å²) < 4.78 is 0. The highest BCUT2D eigenvalue weighted by Crippen LogP contribution is 2.40. The van der Waals surface area contributed by atoms with Crippen molar-refractivity contribution in [1.29, 1.82) is 5.26 Å². The van der Waals surface area contributed by atoms with Gasteiger partial charge in [-0.3, -0.25) is 0 Å². The van der Waals surface area contributed by atoms with Gasteiger partial charge in [0.2, 0.25) is 0 Å². The van der Waals surface area contributed by atoms with Crippen LogP contribution in [0.4, 0.5) is 0 Å². The zero-order valence-electron chi connectivity index (χ0n) is 10.1. The van der Waals surface area contributed by atoms with Crippen LogP contribution in [0.3, 0.4) is 0 Å². The number of nitriles is 1. The Hall–Kier alpha value is -1.12. The largest absolute Gasteiger partial charge is 0.229 e. The second-order valence-corrected chi connectivity index (χ2v) is 6.65. The fourth-order valence-corrected chi connectivity index (χ4v) is 4.51. The van der Waals surface area contributed by atoms with E-state index in [2.05, 4.69) is 16.0 Å². The lowest BCUT2D eigenvalue weighted by Gasteiger charge is -2.04. The van der Waals surface area contributed by atoms with Crippen molar-refractivity contribution in [2.24, 2.45) is 5.92 Å². The molecule has 92 valence electrons. The fraction of sp³-hybridized carbons (Fsp3) is 0.462. The number of nitrogens with zero attached hydrogens (tertiary/aromatic N) is 3. The van der Waals surface area contributed by atoms with Crippen molar-refractivity contribution in [1.82, 2.24) is 9.97 Å². The first kappa shape index (κ1) is 11.9. The van der Waals surface area contributed by atoms with Crippen LogP contribution in [-0.2, 0) is 12.8 Å². The Morgan fingerprint density at radius 1 is 1.50 bits per heavy atom. The molecule has 2 aromatic rings. The van der Waals surface area contributed by atoms with Crippen molar-refractivity contribution < 1.29 is 0 Å². The molecule has 2 heterocycles. The summed E-state index contributed by atoms with van der Waals surface area (Å²) in [6.07, 6.45) is 5.25. The Morgan fingerprint density at radius 2 is 2.39 bits per heavy atom. The molecule has 1 aliphatic rings. The SMILES string of the molecule is C[C@@H](C#N)CSc1ncnc2sc3c(c12)CCC3. The predicted octanol–water partition coefficient (Wildman–Crippen LogP) is 3.43. The van der Waals surface area contributed by atoms with E-state index >= 15 is 0 Å². The highest BCUT2D eigenvalue weighted by molar-refractivity contribution is 7.99. The molecule has 0 saturated carbocycles. The summed E-state index contributed by atoms with van der Waals surface area (Å²) in [4.78, 5) is 11.4. The molecule has 0 N–H and O–H groups in total. The molecule has 0 bridgehead atoms. The molecule has 1 aliphatic carbocycles. The quantitative estimate of drug-likeness (QED) is 0.636. The fourth-order valence-electron chi connectivity index (χ4n) is 2.25. The van der Waals surface area contributed by atoms with Crippen molar-refractivity contribution >= 4 is 33.3 Å². The monoisotopic (exact) mass is 275 g/mol. The van der Waals surface area contributed by atoms with E-state index in [1.807, 2.05) is 18.3 Å². The van der Waals surface area contributed by atoms with Gasteiger partial charge in [-0.15, -0.1) is 23.1 Å². The van der Waals surface area contributed by atoms with Crippen molar-refractivity contribution in [3.63, 3.8) is 0 Å². The highest BCUT2D eigenvalue weighted by atomic mass is 32.2. The molecule has 5 heteroatoms. The van der Waals surface area contributed by atoms with Crippen LogP contribution in [0, 0.1) is 17.2 Å². The summed E-state index contributed by atoms with van der Waals surface area (Å²) in [5.74, 6) is 0.861. The summed E-state index contributed by atoms with van der Waals surface area (Å²) in [5, 5.41) is 11.2. The molecule has 0 spiro atoms. The van der Waals surface area contributed by atoms with Gasteiger partial charge in [0.15, 0.2) is 0 Å². The number of hydrogen-bond donors (Lipinski definition) is 0. The number of fused-ring (bicyclic) bond motifs is 3. The molecule has 0 fully saturated rings. The summed E-state index contributed by atoms with van der Waals surface area (Å²) in [7, 11) is 0. The third kappa shape index (κ3) is 2.00. The first-order chi connectivity index (χ1) is 8.79. The van der Waals surface area contributed by atoms with E-state index in [4.69, 9.17) is 5.26 Å². The Morgan fingerprint density at radius 3 is 3.22 bits per heavy atom. The van der Waals surface area contributed by atoms with Crippen LogP contribution < -0.4 is 0 Å². The van der Waals surface area contributed by atoms with E-state index in [0.29, 0.717) is 0 Å². The standard InChI is InChI=1S/C13H13N3S2/c1-8(5-14)6-17-12-11-9-3-2-4-10(9)18-13(11)16-7-15-12/h7-8H,2-4,6H2,1H3/t8-/m0/s1. The maximum Gasteiger partial charge on any atom is 0.128 e. The van der Waals surface area contributed by atoms with Gasteiger partial charge in [-0.25, -0.2) is 9.97 Å². The molecule has 0 aliphatic heterocycles. The summed E-state index contributed by atoms with van der Waals surface area (Å²) in [6.45, 7) is 1.95. The minimum atomic E-state index is 0.0618. The third-order valence-corrected chi connectivity index (χ3v) is 5.61. The van der Waals surface area contributed by atoms with Gasteiger partial charge in [-0.05, 0) is 31.7 Å². The molecule has 0 radical (unpaired) electrons. The van der Waals surface area contributed by atoms with E-state index in [0.717, 1.165) is 22.0 Å². The van der Waals surface area contributed by atoms with Crippen LogP contribution in [0.5, 0.6) is 0 Å². The van der Waals surface area contributed by atoms with Crippen LogP contribution in [0.2, 0.25) is 0 Å². The van der Waals surface area contributed by atoms with Gasteiger partial charge in [-0.1, -0.05) is 0 Å². The molecule has 0 amide bonds. The molecule has 0 unspecified atom stereocenters. The minimum absolute atomic E-state index is 0.0618. The van der Waals surface area contributed by atoms with Gasteiger partial charge in [0.1, 0.15) is 16.2 Å². The van der Waals surface area contributed by atoms with Gasteiger partial charge in [-0.2, -0.15) is 5.26 Å². The number of aromatic nitrogens is 2. The minimum Gasteiger partial charge on any atom is -0.229 e. The summed E-state index contributed by atoms with van der Waals surface area (Å²) >= 11 is 3.50. The molecule has 2 aromatic heterocycles. The summed E-state index contributed by atoms with van der Waals surface area (Å²) in [6, 6.07) is 2.27. The van der Waals surface area contributed by atoms with Crippen molar-refractivity contribution in [2.45, 2.75) is 31.2 Å². The molecule has 18 heavy (non-hydrogen) atoms. The third-order valence-electron chi connectivity index (χ3n) is 3.16. The Balaban J connectivity index is 1.99. The smallest absolute Gasteiger partial charge is 0.128 e. The highest BCUT2D eigenvalue weighted by Gasteiger charge is 2.21. The number of rotatable bonds is 3. The van der Waals surface area contributed by atoms with Gasteiger partial charge in [0.25, 0.3) is 0 Å².